The molecule has 1 fully saturated rings. The molecule has 1 aliphatic heterocycles. The molecule has 1 atom stereocenters. The van der Waals surface area contributed by atoms with Gasteiger partial charge in [0.25, 0.3) is 0 Å². The molecule has 7 nitrogen and oxygen atoms in total. The van der Waals surface area contributed by atoms with Crippen molar-refractivity contribution in [1.29, 1.82) is 0 Å². The number of anilines is 1. The highest BCUT2D eigenvalue weighted by Crippen LogP contribution is 2.22. The van der Waals surface area contributed by atoms with Gasteiger partial charge in [0.15, 0.2) is 0 Å². The van der Waals surface area contributed by atoms with E-state index in [1.807, 2.05) is 24.3 Å². The summed E-state index contributed by atoms with van der Waals surface area (Å²) in [4.78, 5) is 18.2. The van der Waals surface area contributed by atoms with E-state index in [0.29, 0.717) is 18.1 Å². The molecule has 0 bridgehead atoms. The summed E-state index contributed by atoms with van der Waals surface area (Å²) in [6, 6.07) is 7.48. The lowest BCUT2D eigenvalue weighted by Crippen LogP contribution is -2.32. The normalized spacial score (nSPS) is 17.4. The van der Waals surface area contributed by atoms with E-state index in [2.05, 4.69) is 15.4 Å². The topological polar surface area (TPSA) is 72.3 Å². The van der Waals surface area contributed by atoms with Gasteiger partial charge < -0.3 is 10.1 Å². The van der Waals surface area contributed by atoms with Crippen LogP contribution in [0, 0.1) is 0 Å². The number of carbonyl (C=O) groups excluding carboxylic acids is 1. The first kappa shape index (κ1) is 14.5. The van der Waals surface area contributed by atoms with Crippen molar-refractivity contribution in [2.75, 3.05) is 18.0 Å². The zero-order valence-corrected chi connectivity index (χ0v) is 12.8. The zero-order chi connectivity index (χ0) is 15.5. The van der Waals surface area contributed by atoms with Crippen LogP contribution in [0.5, 0.6) is 0 Å². The summed E-state index contributed by atoms with van der Waals surface area (Å²) in [5.41, 5.74) is 1.67. The van der Waals surface area contributed by atoms with Gasteiger partial charge in [-0.05, 0) is 31.2 Å². The number of amides is 1. The molecule has 1 amide bonds. The van der Waals surface area contributed by atoms with Crippen molar-refractivity contribution in [2.24, 2.45) is 0 Å². The van der Waals surface area contributed by atoms with Gasteiger partial charge in [0.1, 0.15) is 18.8 Å². The van der Waals surface area contributed by atoms with E-state index in [0.717, 1.165) is 11.4 Å². The fraction of sp³-hybridized carbons (Fsp3) is 0.286. The Kier molecular flexibility index (Phi) is 4.01. The lowest BCUT2D eigenvalue weighted by atomic mass is 10.2. The van der Waals surface area contributed by atoms with Crippen LogP contribution in [0.2, 0.25) is 0 Å². The fourth-order valence-corrected chi connectivity index (χ4v) is 2.31. The standard InChI is InChI=1S/C14H15N5O2S/c1-10(22)16-6-13-7-18(14(20)21-13)11-2-4-12(5-3-11)19-9-15-8-17-19/h2-5,8-9,13H,6-7H2,1H3,(H,16,22)/t13-/m0/s1. The van der Waals surface area contributed by atoms with Gasteiger partial charge >= 0.3 is 6.09 Å². The van der Waals surface area contributed by atoms with Crippen molar-refractivity contribution in [2.45, 2.75) is 13.0 Å². The highest BCUT2D eigenvalue weighted by Gasteiger charge is 2.32. The number of benzene rings is 1. The average Bonchev–Trinajstić information content (AvgIpc) is 3.15. The maximum Gasteiger partial charge on any atom is 0.414 e. The predicted molar refractivity (Wildman–Crippen MR) is 85.2 cm³/mol. The van der Waals surface area contributed by atoms with Crippen molar-refractivity contribution in [1.82, 2.24) is 20.1 Å². The second-order valence-corrected chi connectivity index (χ2v) is 5.52. The summed E-state index contributed by atoms with van der Waals surface area (Å²) in [6.07, 6.45) is 2.54. The number of thiocarbonyl (C=S) groups is 1. The Bertz CT molecular complexity index is 671. The Hall–Kier alpha value is -2.48. The quantitative estimate of drug-likeness (QED) is 0.862. The minimum Gasteiger partial charge on any atom is -0.442 e. The molecule has 2 aromatic rings. The minimum absolute atomic E-state index is 0.208. The first-order valence-electron chi connectivity index (χ1n) is 6.81. The van der Waals surface area contributed by atoms with Crippen LogP contribution in [0.4, 0.5) is 10.5 Å². The van der Waals surface area contributed by atoms with E-state index < -0.39 is 0 Å². The zero-order valence-electron chi connectivity index (χ0n) is 12.0. The summed E-state index contributed by atoms with van der Waals surface area (Å²) in [5, 5.41) is 7.08. The van der Waals surface area contributed by atoms with Gasteiger partial charge in [0, 0.05) is 5.69 Å². The molecule has 1 saturated heterocycles. The fourth-order valence-electron chi connectivity index (χ4n) is 2.22. The maximum atomic E-state index is 12.0. The molecular weight excluding hydrogens is 302 g/mol. The number of hydrogen-bond donors (Lipinski definition) is 1. The molecule has 1 aliphatic rings. The van der Waals surface area contributed by atoms with Crippen LogP contribution in [0.1, 0.15) is 6.92 Å². The highest BCUT2D eigenvalue weighted by molar-refractivity contribution is 7.80. The van der Waals surface area contributed by atoms with E-state index in [4.69, 9.17) is 17.0 Å². The Morgan fingerprint density at radius 1 is 1.41 bits per heavy atom. The van der Waals surface area contributed by atoms with Crippen LogP contribution in [0.15, 0.2) is 36.9 Å². The Morgan fingerprint density at radius 3 is 2.77 bits per heavy atom. The second kappa shape index (κ2) is 6.10. The summed E-state index contributed by atoms with van der Waals surface area (Å²) in [7, 11) is 0. The summed E-state index contributed by atoms with van der Waals surface area (Å²) >= 11 is 4.96. The molecule has 0 radical (unpaired) electrons. The first-order valence-corrected chi connectivity index (χ1v) is 7.22. The van der Waals surface area contributed by atoms with Crippen LogP contribution in [0.25, 0.3) is 5.69 Å². The molecule has 8 heteroatoms. The van der Waals surface area contributed by atoms with Crippen molar-refractivity contribution in [3.63, 3.8) is 0 Å². The van der Waals surface area contributed by atoms with Crippen molar-refractivity contribution >= 4 is 29.0 Å². The van der Waals surface area contributed by atoms with Crippen molar-refractivity contribution in [3.05, 3.63) is 36.9 Å². The second-order valence-electron chi connectivity index (χ2n) is 4.91. The molecule has 0 saturated carbocycles. The SMILES string of the molecule is CC(=S)NC[C@H]1CN(c2ccc(-n3cncn3)cc2)C(=O)O1. The van der Waals surface area contributed by atoms with Gasteiger partial charge in [0.2, 0.25) is 0 Å². The highest BCUT2D eigenvalue weighted by atomic mass is 32.1. The third-order valence-corrected chi connectivity index (χ3v) is 3.44. The van der Waals surface area contributed by atoms with E-state index >= 15 is 0 Å². The van der Waals surface area contributed by atoms with Crippen molar-refractivity contribution < 1.29 is 9.53 Å². The number of nitrogens with zero attached hydrogens (tertiary/aromatic N) is 4. The molecule has 114 valence electrons. The number of rotatable bonds is 4. The van der Waals surface area contributed by atoms with Gasteiger partial charge in [-0.2, -0.15) is 5.10 Å². The molecule has 0 aliphatic carbocycles. The van der Waals surface area contributed by atoms with Crippen LogP contribution < -0.4 is 10.2 Å². The third-order valence-electron chi connectivity index (χ3n) is 3.30. The Labute approximate surface area is 132 Å². The van der Waals surface area contributed by atoms with E-state index in [9.17, 15) is 4.79 Å². The summed E-state index contributed by atoms with van der Waals surface area (Å²) in [5.74, 6) is 0. The summed E-state index contributed by atoms with van der Waals surface area (Å²) < 4.78 is 6.97. The Morgan fingerprint density at radius 2 is 2.14 bits per heavy atom. The molecule has 1 aromatic heterocycles. The van der Waals surface area contributed by atoms with Gasteiger partial charge in [-0.25, -0.2) is 14.5 Å². The van der Waals surface area contributed by atoms with Gasteiger partial charge in [-0.1, -0.05) is 12.2 Å². The molecule has 22 heavy (non-hydrogen) atoms. The van der Waals surface area contributed by atoms with Crippen LogP contribution in [0.3, 0.4) is 0 Å². The smallest absolute Gasteiger partial charge is 0.414 e. The van der Waals surface area contributed by atoms with Gasteiger partial charge in [-0.3, -0.25) is 4.90 Å². The lowest BCUT2D eigenvalue weighted by molar-refractivity contribution is 0.143. The summed E-state index contributed by atoms with van der Waals surface area (Å²) in [6.45, 7) is 2.82. The van der Waals surface area contributed by atoms with E-state index in [-0.39, 0.29) is 12.2 Å². The van der Waals surface area contributed by atoms with Crippen LogP contribution in [-0.4, -0.2) is 45.0 Å². The number of hydrogen-bond acceptors (Lipinski definition) is 5. The first-order chi connectivity index (χ1) is 10.6. The minimum atomic E-state index is -0.345. The molecular formula is C14H15N5O2S. The Balaban J connectivity index is 1.69. The van der Waals surface area contributed by atoms with Crippen LogP contribution >= 0.6 is 12.2 Å². The molecule has 1 N–H and O–H groups in total. The molecule has 1 aromatic carbocycles. The lowest BCUT2D eigenvalue weighted by Gasteiger charge is -2.13. The van der Waals surface area contributed by atoms with Gasteiger partial charge in [0.05, 0.1) is 23.8 Å². The number of carbonyl (C=O) groups is 1. The van der Waals surface area contributed by atoms with Crippen molar-refractivity contribution in [3.8, 4) is 5.69 Å². The predicted octanol–water partition coefficient (Wildman–Crippen LogP) is 1.53. The molecule has 2 heterocycles. The van der Waals surface area contributed by atoms with Gasteiger partial charge in [-0.15, -0.1) is 0 Å². The maximum absolute atomic E-state index is 12.0. The molecule has 0 unspecified atom stereocenters. The molecule has 0 spiro atoms. The monoisotopic (exact) mass is 317 g/mol. The van der Waals surface area contributed by atoms with Crippen LogP contribution in [-0.2, 0) is 4.74 Å². The van der Waals surface area contributed by atoms with E-state index in [1.165, 1.54) is 6.33 Å². The van der Waals surface area contributed by atoms with E-state index in [1.54, 1.807) is 22.8 Å². The number of cyclic esters (lactones) is 1. The largest absolute Gasteiger partial charge is 0.442 e. The number of aromatic nitrogens is 3. The third kappa shape index (κ3) is 3.06. The number of nitrogens with one attached hydrogen (secondary N) is 1. The average molecular weight is 317 g/mol. The number of ether oxygens (including phenoxy) is 1. The molecule has 3 rings (SSSR count).